The van der Waals surface area contributed by atoms with Crippen LogP contribution in [0.4, 0.5) is 18.0 Å². The van der Waals surface area contributed by atoms with E-state index in [-0.39, 0.29) is 6.09 Å². The summed E-state index contributed by atoms with van der Waals surface area (Å²) in [7, 11) is 1.75. The van der Waals surface area contributed by atoms with Crippen LogP contribution in [0.1, 0.15) is 50.5 Å². The molecular formula is C20H29F3N2O3. The summed E-state index contributed by atoms with van der Waals surface area (Å²) < 4.78 is 44.2. The van der Waals surface area contributed by atoms with Crippen molar-refractivity contribution < 1.29 is 27.4 Å². The molecule has 1 aliphatic carbocycles. The number of carbonyl (C=O) groups is 1. The average molecular weight is 402 g/mol. The van der Waals surface area contributed by atoms with E-state index in [0.29, 0.717) is 17.8 Å². The van der Waals surface area contributed by atoms with Crippen LogP contribution in [0.2, 0.25) is 0 Å². The molecule has 2 fully saturated rings. The molecule has 1 saturated carbocycles. The third-order valence-electron chi connectivity index (χ3n) is 5.11. The van der Waals surface area contributed by atoms with Crippen LogP contribution in [-0.4, -0.2) is 49.5 Å². The molecule has 5 nitrogen and oxygen atoms in total. The molecule has 0 spiro atoms. The van der Waals surface area contributed by atoms with Crippen LogP contribution < -0.4 is 10.5 Å². The minimum absolute atomic E-state index is 0.204. The van der Waals surface area contributed by atoms with Gasteiger partial charge < -0.3 is 20.1 Å². The molecule has 1 atom stereocenters. The molecule has 158 valence electrons. The molecule has 0 radical (unpaired) electrons. The summed E-state index contributed by atoms with van der Waals surface area (Å²) in [5, 5.41) is 0. The standard InChI is InChI=1S/C17H23NO3.C3H6F3N/c1-20-14-11-13(12-14)15-7-3-4-8-16(15)21-17(19)18-9-5-2-6-10-18;1-2(7)3(4,5)6/h3-4,7-8,13-14H,2,5-6,9-12H2,1H3;2H,7H2,1H3. The first-order chi connectivity index (χ1) is 13.2. The molecule has 1 saturated heterocycles. The topological polar surface area (TPSA) is 64.8 Å². The molecule has 1 heterocycles. The number of nitrogens with two attached hydrogens (primary N) is 1. The maximum Gasteiger partial charge on any atom is 0.415 e. The Morgan fingerprint density at radius 1 is 1.18 bits per heavy atom. The van der Waals surface area contributed by atoms with E-state index >= 15 is 0 Å². The summed E-state index contributed by atoms with van der Waals surface area (Å²) >= 11 is 0. The number of ether oxygens (including phenoxy) is 2. The van der Waals surface area contributed by atoms with E-state index in [2.05, 4.69) is 11.8 Å². The van der Waals surface area contributed by atoms with Gasteiger partial charge in [0.1, 0.15) is 5.75 Å². The van der Waals surface area contributed by atoms with Gasteiger partial charge in [0, 0.05) is 20.2 Å². The summed E-state index contributed by atoms with van der Waals surface area (Å²) in [6.07, 6.45) is 1.30. The van der Waals surface area contributed by atoms with Crippen LogP contribution in [-0.2, 0) is 4.74 Å². The summed E-state index contributed by atoms with van der Waals surface area (Å²) in [5.41, 5.74) is 5.58. The zero-order chi connectivity index (χ0) is 20.7. The van der Waals surface area contributed by atoms with Crippen LogP contribution in [0.15, 0.2) is 24.3 Å². The lowest BCUT2D eigenvalue weighted by atomic mass is 9.77. The van der Waals surface area contributed by atoms with Crippen molar-refractivity contribution in [1.29, 1.82) is 0 Å². The van der Waals surface area contributed by atoms with Crippen molar-refractivity contribution in [2.24, 2.45) is 5.73 Å². The number of hydrogen-bond acceptors (Lipinski definition) is 4. The molecule has 1 amide bonds. The van der Waals surface area contributed by atoms with E-state index in [9.17, 15) is 18.0 Å². The van der Waals surface area contributed by atoms with E-state index in [0.717, 1.165) is 51.3 Å². The fraction of sp³-hybridized carbons (Fsp3) is 0.650. The van der Waals surface area contributed by atoms with E-state index < -0.39 is 12.2 Å². The zero-order valence-corrected chi connectivity index (χ0v) is 16.4. The minimum atomic E-state index is -4.22. The quantitative estimate of drug-likeness (QED) is 0.811. The number of para-hydroxylation sites is 1. The van der Waals surface area contributed by atoms with Crippen molar-refractivity contribution in [1.82, 2.24) is 4.90 Å². The van der Waals surface area contributed by atoms with E-state index in [1.165, 1.54) is 6.42 Å². The van der Waals surface area contributed by atoms with Crippen molar-refractivity contribution in [3.63, 3.8) is 0 Å². The number of carbonyl (C=O) groups excluding carboxylic acids is 1. The number of piperidine rings is 1. The smallest absolute Gasteiger partial charge is 0.410 e. The van der Waals surface area contributed by atoms with Gasteiger partial charge in [-0.3, -0.25) is 0 Å². The molecule has 0 aromatic heterocycles. The van der Waals surface area contributed by atoms with Gasteiger partial charge in [-0.25, -0.2) is 4.79 Å². The molecule has 8 heteroatoms. The Morgan fingerprint density at radius 2 is 1.75 bits per heavy atom. The number of benzene rings is 1. The maximum absolute atomic E-state index is 12.2. The third kappa shape index (κ3) is 6.38. The Morgan fingerprint density at radius 3 is 2.29 bits per heavy atom. The van der Waals surface area contributed by atoms with Crippen molar-refractivity contribution in [3.8, 4) is 5.75 Å². The first-order valence-corrected chi connectivity index (χ1v) is 9.63. The van der Waals surface area contributed by atoms with E-state index in [1.807, 2.05) is 23.1 Å². The number of amides is 1. The number of methoxy groups -OCH3 is 1. The molecule has 2 N–H and O–H groups in total. The second kappa shape index (κ2) is 10.1. The van der Waals surface area contributed by atoms with Gasteiger partial charge in [-0.1, -0.05) is 18.2 Å². The Labute approximate surface area is 164 Å². The molecule has 3 rings (SSSR count). The maximum atomic E-state index is 12.2. The molecule has 28 heavy (non-hydrogen) atoms. The minimum Gasteiger partial charge on any atom is -0.410 e. The molecular weight excluding hydrogens is 373 g/mol. The van der Waals surface area contributed by atoms with Crippen molar-refractivity contribution in [3.05, 3.63) is 29.8 Å². The van der Waals surface area contributed by atoms with Gasteiger partial charge in [-0.2, -0.15) is 13.2 Å². The molecule has 1 unspecified atom stereocenters. The fourth-order valence-corrected chi connectivity index (χ4v) is 3.16. The monoisotopic (exact) mass is 402 g/mol. The van der Waals surface area contributed by atoms with Gasteiger partial charge in [-0.15, -0.1) is 0 Å². The lowest BCUT2D eigenvalue weighted by molar-refractivity contribution is -0.143. The highest BCUT2D eigenvalue weighted by Crippen LogP contribution is 2.42. The normalized spacial score (nSPS) is 23.1. The summed E-state index contributed by atoms with van der Waals surface area (Å²) in [5.74, 6) is 1.16. The second-order valence-electron chi connectivity index (χ2n) is 7.31. The van der Waals surface area contributed by atoms with Gasteiger partial charge in [0.15, 0.2) is 0 Å². The highest BCUT2D eigenvalue weighted by Gasteiger charge is 2.33. The summed E-state index contributed by atoms with van der Waals surface area (Å²) in [6.45, 7) is 2.53. The highest BCUT2D eigenvalue weighted by atomic mass is 19.4. The number of likely N-dealkylation sites (tertiary alicyclic amines) is 1. The Balaban J connectivity index is 0.000000345. The van der Waals surface area contributed by atoms with Gasteiger partial charge in [-0.05, 0) is 56.6 Å². The predicted octanol–water partition coefficient (Wildman–Crippen LogP) is 4.46. The first kappa shape index (κ1) is 22.5. The van der Waals surface area contributed by atoms with Crippen molar-refractivity contribution >= 4 is 6.09 Å². The second-order valence-corrected chi connectivity index (χ2v) is 7.31. The average Bonchev–Trinajstić information content (AvgIpc) is 2.62. The van der Waals surface area contributed by atoms with Crippen LogP contribution in [0, 0.1) is 0 Å². The molecule has 2 aliphatic rings. The third-order valence-corrected chi connectivity index (χ3v) is 5.11. The summed E-state index contributed by atoms with van der Waals surface area (Å²) in [4.78, 5) is 14.1. The van der Waals surface area contributed by atoms with Crippen molar-refractivity contribution in [2.45, 2.75) is 63.3 Å². The van der Waals surface area contributed by atoms with Gasteiger partial charge in [0.2, 0.25) is 0 Å². The zero-order valence-electron chi connectivity index (χ0n) is 16.4. The molecule has 1 aromatic carbocycles. The highest BCUT2D eigenvalue weighted by molar-refractivity contribution is 5.71. The van der Waals surface area contributed by atoms with Gasteiger partial charge >= 0.3 is 12.3 Å². The van der Waals surface area contributed by atoms with E-state index in [1.54, 1.807) is 7.11 Å². The van der Waals surface area contributed by atoms with Crippen LogP contribution in [0.3, 0.4) is 0 Å². The Bertz CT molecular complexity index is 625. The lowest BCUT2D eigenvalue weighted by Crippen LogP contribution is -2.38. The number of hydrogen-bond donors (Lipinski definition) is 1. The number of halogens is 3. The first-order valence-electron chi connectivity index (χ1n) is 9.63. The molecule has 1 aliphatic heterocycles. The number of alkyl halides is 3. The summed E-state index contributed by atoms with van der Waals surface area (Å²) in [6, 6.07) is 6.20. The van der Waals surface area contributed by atoms with Gasteiger partial charge in [0.25, 0.3) is 0 Å². The fourth-order valence-electron chi connectivity index (χ4n) is 3.16. The number of rotatable bonds is 3. The number of nitrogens with zero attached hydrogens (tertiary/aromatic N) is 1. The Hall–Kier alpha value is -1.80. The van der Waals surface area contributed by atoms with Crippen LogP contribution in [0.25, 0.3) is 0 Å². The molecule has 1 aromatic rings. The van der Waals surface area contributed by atoms with Crippen molar-refractivity contribution in [2.75, 3.05) is 20.2 Å². The van der Waals surface area contributed by atoms with E-state index in [4.69, 9.17) is 9.47 Å². The predicted molar refractivity (Wildman–Crippen MR) is 100 cm³/mol. The SMILES string of the molecule is CC(N)C(F)(F)F.COC1CC(c2ccccc2OC(=O)N2CCCCC2)C1. The largest absolute Gasteiger partial charge is 0.415 e. The molecule has 0 bridgehead atoms. The van der Waals surface area contributed by atoms with Crippen LogP contribution in [0.5, 0.6) is 5.75 Å². The Kier molecular flexibility index (Phi) is 8.12. The van der Waals surface area contributed by atoms with Crippen LogP contribution >= 0.6 is 0 Å². The lowest BCUT2D eigenvalue weighted by Gasteiger charge is -2.35. The van der Waals surface area contributed by atoms with Gasteiger partial charge in [0.05, 0.1) is 12.1 Å².